The number of fused-ring (bicyclic) bond motifs is 1. The molecule has 3 heterocycles. The fourth-order valence-corrected chi connectivity index (χ4v) is 5.37. The van der Waals surface area contributed by atoms with Crippen molar-refractivity contribution in [1.82, 2.24) is 24.8 Å². The molecule has 0 saturated carbocycles. The molecule has 0 N–H and O–H groups in total. The first-order valence-electron chi connectivity index (χ1n) is 14.0. The predicted octanol–water partition coefficient (Wildman–Crippen LogP) is 6.35. The van der Waals surface area contributed by atoms with Gasteiger partial charge in [0.25, 0.3) is 0 Å². The van der Waals surface area contributed by atoms with Crippen LogP contribution in [0.15, 0.2) is 36.4 Å². The molecule has 11 heteroatoms. The van der Waals surface area contributed by atoms with E-state index in [1.165, 1.54) is 24.3 Å². The maximum absolute atomic E-state index is 15.2. The van der Waals surface area contributed by atoms with Gasteiger partial charge in [0.2, 0.25) is 0 Å². The van der Waals surface area contributed by atoms with Gasteiger partial charge in [-0.2, -0.15) is 5.26 Å². The Hall–Kier alpha value is -4.72. The molecule has 0 bridgehead atoms. The standard InChI is InChI=1S/C32H33F2N7O2/c1-17-15-40(31(42)43-32(5,6)7)16-18(2)41(17)24-12-22(11-23(33)13-24)29-38-27(25-9-8-21(14-35)10-26(25)34)28-30(39-29)37-20(4)19(3)36-28/h8-13,17-18H,15-16H2,1-7H3/t17-,18+. The van der Waals surface area contributed by atoms with E-state index in [2.05, 4.69) is 24.8 Å². The lowest BCUT2D eigenvalue weighted by atomic mass is 10.0. The zero-order chi connectivity index (χ0) is 31.2. The molecule has 1 fully saturated rings. The molecule has 0 unspecified atom stereocenters. The molecule has 1 aliphatic rings. The van der Waals surface area contributed by atoms with Gasteiger partial charge in [0, 0.05) is 42.0 Å². The minimum atomic E-state index is -0.643. The number of aryl methyl sites for hydroxylation is 2. The fourth-order valence-electron chi connectivity index (χ4n) is 5.37. The second-order valence-corrected chi connectivity index (χ2v) is 12.0. The van der Waals surface area contributed by atoms with E-state index in [0.29, 0.717) is 41.2 Å². The SMILES string of the molecule is Cc1nc2nc(-c3cc(F)cc(N4[C@H](C)CN(C(=O)OC(C)(C)C)C[C@@H]4C)c3)nc(-c3ccc(C#N)cc3F)c2nc1C. The van der Waals surface area contributed by atoms with Crippen molar-refractivity contribution in [3.63, 3.8) is 0 Å². The lowest BCUT2D eigenvalue weighted by Gasteiger charge is -2.46. The molecule has 0 radical (unpaired) electrons. The molecule has 0 aliphatic carbocycles. The van der Waals surface area contributed by atoms with Crippen molar-refractivity contribution >= 4 is 22.9 Å². The summed E-state index contributed by atoms with van der Waals surface area (Å²) in [7, 11) is 0. The van der Waals surface area contributed by atoms with Crippen LogP contribution < -0.4 is 4.90 Å². The molecule has 43 heavy (non-hydrogen) atoms. The summed E-state index contributed by atoms with van der Waals surface area (Å²) in [6.45, 7) is 13.8. The van der Waals surface area contributed by atoms with Gasteiger partial charge in [0.05, 0.1) is 23.0 Å². The highest BCUT2D eigenvalue weighted by atomic mass is 19.1. The number of piperazine rings is 1. The summed E-state index contributed by atoms with van der Waals surface area (Å²) in [6, 6.07) is 10.3. The lowest BCUT2D eigenvalue weighted by Crippen LogP contribution is -2.58. The zero-order valence-corrected chi connectivity index (χ0v) is 25.2. The van der Waals surface area contributed by atoms with Gasteiger partial charge in [-0.3, -0.25) is 0 Å². The van der Waals surface area contributed by atoms with Crippen molar-refractivity contribution in [2.75, 3.05) is 18.0 Å². The first-order valence-corrected chi connectivity index (χ1v) is 14.0. The van der Waals surface area contributed by atoms with Crippen LogP contribution in [0.25, 0.3) is 33.8 Å². The Bertz CT molecular complexity index is 1770. The van der Waals surface area contributed by atoms with E-state index in [9.17, 15) is 10.1 Å². The summed E-state index contributed by atoms with van der Waals surface area (Å²) in [5.74, 6) is -0.991. The second-order valence-electron chi connectivity index (χ2n) is 12.0. The van der Waals surface area contributed by atoms with Crippen molar-refractivity contribution in [3.8, 4) is 28.7 Å². The second kappa shape index (κ2) is 11.2. The number of nitriles is 1. The number of carbonyl (C=O) groups excluding carboxylic acids is 1. The van der Waals surface area contributed by atoms with Crippen LogP contribution in [0.1, 0.15) is 51.6 Å². The van der Waals surface area contributed by atoms with E-state index in [4.69, 9.17) is 4.74 Å². The summed E-state index contributed by atoms with van der Waals surface area (Å²) in [6.07, 6.45) is -0.385. The van der Waals surface area contributed by atoms with Gasteiger partial charge in [-0.05, 0) is 84.9 Å². The van der Waals surface area contributed by atoms with Crippen molar-refractivity contribution in [2.24, 2.45) is 0 Å². The van der Waals surface area contributed by atoms with Crippen molar-refractivity contribution in [2.45, 2.75) is 66.2 Å². The van der Waals surface area contributed by atoms with E-state index in [1.54, 1.807) is 24.8 Å². The van der Waals surface area contributed by atoms with Gasteiger partial charge in [-0.1, -0.05) is 0 Å². The van der Waals surface area contributed by atoms with Crippen LogP contribution in [-0.2, 0) is 4.74 Å². The van der Waals surface area contributed by atoms with E-state index < -0.39 is 17.2 Å². The van der Waals surface area contributed by atoms with Crippen LogP contribution in [0.3, 0.4) is 0 Å². The van der Waals surface area contributed by atoms with Gasteiger partial charge >= 0.3 is 6.09 Å². The number of hydrogen-bond acceptors (Lipinski definition) is 8. The minimum absolute atomic E-state index is 0.127. The van der Waals surface area contributed by atoms with Crippen molar-refractivity contribution < 1.29 is 18.3 Å². The highest BCUT2D eigenvalue weighted by molar-refractivity contribution is 5.89. The Labute approximate surface area is 249 Å². The van der Waals surface area contributed by atoms with Gasteiger partial charge in [0.1, 0.15) is 28.4 Å². The van der Waals surface area contributed by atoms with E-state index in [0.717, 1.165) is 6.07 Å². The molecule has 2 atom stereocenters. The van der Waals surface area contributed by atoms with Crippen molar-refractivity contribution in [3.05, 3.63) is 65.0 Å². The molecule has 1 saturated heterocycles. The summed E-state index contributed by atoms with van der Waals surface area (Å²) < 4.78 is 36.0. The van der Waals surface area contributed by atoms with Crippen LogP contribution in [0.4, 0.5) is 19.3 Å². The average Bonchev–Trinajstić information content (AvgIpc) is 2.91. The normalized spacial score (nSPS) is 17.2. The van der Waals surface area contributed by atoms with E-state index in [1.807, 2.05) is 40.7 Å². The highest BCUT2D eigenvalue weighted by Gasteiger charge is 2.34. The number of halogens is 2. The first kappa shape index (κ1) is 29.8. The monoisotopic (exact) mass is 585 g/mol. The number of ether oxygens (including phenoxy) is 1. The Kier molecular flexibility index (Phi) is 7.73. The topological polar surface area (TPSA) is 108 Å². The summed E-state index contributed by atoms with van der Waals surface area (Å²) in [4.78, 5) is 35.0. The number of carbonyl (C=O) groups is 1. The molecule has 1 amide bonds. The van der Waals surface area contributed by atoms with Gasteiger partial charge in [-0.15, -0.1) is 0 Å². The predicted molar refractivity (Wildman–Crippen MR) is 159 cm³/mol. The molecule has 0 spiro atoms. The number of amides is 1. The Morgan fingerprint density at radius 3 is 2.28 bits per heavy atom. The van der Waals surface area contributed by atoms with Gasteiger partial charge in [-0.25, -0.2) is 33.5 Å². The molecule has 4 aromatic rings. The number of aromatic nitrogens is 4. The number of benzene rings is 2. The third-order valence-electron chi connectivity index (χ3n) is 7.31. The molecule has 222 valence electrons. The third-order valence-corrected chi connectivity index (χ3v) is 7.31. The van der Waals surface area contributed by atoms with Crippen LogP contribution in [0.5, 0.6) is 0 Å². The number of nitrogens with zero attached hydrogens (tertiary/aromatic N) is 7. The van der Waals surface area contributed by atoms with Crippen LogP contribution in [0, 0.1) is 36.8 Å². The van der Waals surface area contributed by atoms with Gasteiger partial charge in [0.15, 0.2) is 11.5 Å². The Morgan fingerprint density at radius 1 is 0.977 bits per heavy atom. The molecule has 2 aromatic carbocycles. The number of rotatable bonds is 3. The first-order chi connectivity index (χ1) is 20.2. The maximum Gasteiger partial charge on any atom is 0.410 e. The summed E-state index contributed by atoms with van der Waals surface area (Å²) in [5.41, 5.74) is 2.67. The molecule has 2 aromatic heterocycles. The quantitative estimate of drug-likeness (QED) is 0.274. The molecular weight excluding hydrogens is 552 g/mol. The lowest BCUT2D eigenvalue weighted by molar-refractivity contribution is 0.0193. The zero-order valence-electron chi connectivity index (χ0n) is 25.2. The Balaban J connectivity index is 1.58. The minimum Gasteiger partial charge on any atom is -0.444 e. The fraction of sp³-hybridized carbons (Fsp3) is 0.375. The molecular formula is C32H33F2N7O2. The molecule has 5 rings (SSSR count). The van der Waals surface area contributed by atoms with Gasteiger partial charge < -0.3 is 14.5 Å². The van der Waals surface area contributed by atoms with Crippen LogP contribution >= 0.6 is 0 Å². The Morgan fingerprint density at radius 2 is 1.65 bits per heavy atom. The number of anilines is 1. The maximum atomic E-state index is 15.2. The van der Waals surface area contributed by atoms with Crippen molar-refractivity contribution in [1.29, 1.82) is 5.26 Å². The smallest absolute Gasteiger partial charge is 0.410 e. The molecule has 1 aliphatic heterocycles. The number of hydrogen-bond donors (Lipinski definition) is 0. The third kappa shape index (κ3) is 6.09. The summed E-state index contributed by atoms with van der Waals surface area (Å²) in [5, 5.41) is 9.21. The largest absolute Gasteiger partial charge is 0.444 e. The van der Waals surface area contributed by atoms with Crippen LogP contribution in [0.2, 0.25) is 0 Å². The van der Waals surface area contributed by atoms with E-state index >= 15 is 8.78 Å². The van der Waals surface area contributed by atoms with Crippen LogP contribution in [-0.4, -0.2) is 61.7 Å². The average molecular weight is 586 g/mol. The van der Waals surface area contributed by atoms with E-state index in [-0.39, 0.29) is 46.5 Å². The molecule has 9 nitrogen and oxygen atoms in total. The highest BCUT2D eigenvalue weighted by Crippen LogP contribution is 2.33. The summed E-state index contributed by atoms with van der Waals surface area (Å²) >= 11 is 0.